The van der Waals surface area contributed by atoms with E-state index in [9.17, 15) is 14.4 Å². The summed E-state index contributed by atoms with van der Waals surface area (Å²) in [7, 11) is 1.78. The van der Waals surface area contributed by atoms with Gasteiger partial charge in [0.15, 0.2) is 6.10 Å². The Kier molecular flexibility index (Phi) is 8.61. The van der Waals surface area contributed by atoms with Gasteiger partial charge in [0.1, 0.15) is 12.6 Å². The molecule has 0 aliphatic rings. The van der Waals surface area contributed by atoms with Crippen molar-refractivity contribution in [2.45, 2.75) is 45.9 Å². The maximum atomic E-state index is 13.0. The number of nitrogens with one attached hydrogen (secondary N) is 2. The number of nitrogens with zero attached hydrogens (tertiary/aromatic N) is 2. The topological polar surface area (TPSA) is 112 Å². The van der Waals surface area contributed by atoms with Gasteiger partial charge in [0.25, 0.3) is 5.91 Å². The van der Waals surface area contributed by atoms with Gasteiger partial charge in [-0.2, -0.15) is 5.10 Å². The third kappa shape index (κ3) is 7.17. The second kappa shape index (κ2) is 11.8. The number of hydrogen-bond donors (Lipinski definition) is 2. The SMILES string of the molecule is Cc1nn(C)c(C)c1NC(=O)C(C)OC(=O)[C@H](Cc1ccccc1)NC(=O)OCc1ccccc1. The van der Waals surface area contributed by atoms with Crippen LogP contribution >= 0.6 is 0 Å². The molecule has 0 saturated heterocycles. The molecule has 0 aliphatic heterocycles. The van der Waals surface area contributed by atoms with Crippen LogP contribution in [0.4, 0.5) is 10.5 Å². The van der Waals surface area contributed by atoms with Gasteiger partial charge in [0.05, 0.1) is 17.1 Å². The summed E-state index contributed by atoms with van der Waals surface area (Å²) in [5.74, 6) is -1.24. The van der Waals surface area contributed by atoms with Crippen LogP contribution in [0.3, 0.4) is 0 Å². The standard InChI is InChI=1S/C26H30N4O5/c1-17-23(18(2)30(4)29-17)28-24(31)19(3)35-25(32)22(15-20-11-7-5-8-12-20)27-26(33)34-16-21-13-9-6-10-14-21/h5-14,19,22H,15-16H2,1-4H3,(H,27,33)(H,28,31)/t19?,22-/m0/s1. The minimum Gasteiger partial charge on any atom is -0.451 e. The van der Waals surface area contributed by atoms with Crippen LogP contribution in [0.1, 0.15) is 29.4 Å². The van der Waals surface area contributed by atoms with E-state index in [1.54, 1.807) is 18.7 Å². The smallest absolute Gasteiger partial charge is 0.408 e. The molecule has 9 heteroatoms. The van der Waals surface area contributed by atoms with Crippen LogP contribution in [-0.2, 0) is 39.1 Å². The van der Waals surface area contributed by atoms with E-state index in [-0.39, 0.29) is 13.0 Å². The first-order valence-electron chi connectivity index (χ1n) is 11.3. The Balaban J connectivity index is 1.64. The van der Waals surface area contributed by atoms with Crippen molar-refractivity contribution in [1.29, 1.82) is 0 Å². The van der Waals surface area contributed by atoms with E-state index < -0.39 is 30.1 Å². The molecule has 2 aromatic carbocycles. The molecule has 2 amide bonds. The number of anilines is 1. The highest BCUT2D eigenvalue weighted by molar-refractivity contribution is 5.96. The first kappa shape index (κ1) is 25.5. The lowest BCUT2D eigenvalue weighted by Gasteiger charge is -2.20. The third-order valence-electron chi connectivity index (χ3n) is 5.49. The van der Waals surface area contributed by atoms with E-state index in [0.717, 1.165) is 16.8 Å². The minimum absolute atomic E-state index is 0.0579. The zero-order valence-corrected chi connectivity index (χ0v) is 20.3. The Labute approximate surface area is 204 Å². The van der Waals surface area contributed by atoms with Crippen LogP contribution in [0.25, 0.3) is 0 Å². The van der Waals surface area contributed by atoms with Gasteiger partial charge in [-0.25, -0.2) is 9.59 Å². The Bertz CT molecular complexity index is 1160. The van der Waals surface area contributed by atoms with Crippen molar-refractivity contribution in [2.24, 2.45) is 7.05 Å². The molecule has 0 spiro atoms. The second-order valence-electron chi connectivity index (χ2n) is 8.19. The Morgan fingerprint density at radius 1 is 0.971 bits per heavy atom. The predicted octanol–water partition coefficient (Wildman–Crippen LogP) is 3.44. The maximum Gasteiger partial charge on any atom is 0.408 e. The van der Waals surface area contributed by atoms with Crippen molar-refractivity contribution >= 4 is 23.7 Å². The summed E-state index contributed by atoms with van der Waals surface area (Å²) in [6.07, 6.45) is -1.68. The number of carbonyl (C=O) groups is 3. The fraction of sp³-hybridized carbons (Fsp3) is 0.308. The summed E-state index contributed by atoms with van der Waals surface area (Å²) in [6.45, 7) is 5.14. The summed E-state index contributed by atoms with van der Waals surface area (Å²) < 4.78 is 12.3. The van der Waals surface area contributed by atoms with Crippen LogP contribution in [0.15, 0.2) is 60.7 Å². The van der Waals surface area contributed by atoms with Crippen molar-refractivity contribution in [1.82, 2.24) is 15.1 Å². The van der Waals surface area contributed by atoms with Crippen LogP contribution < -0.4 is 10.6 Å². The number of esters is 1. The Hall–Kier alpha value is -4.14. The number of alkyl carbamates (subject to hydrolysis) is 1. The van der Waals surface area contributed by atoms with Crippen LogP contribution in [0.5, 0.6) is 0 Å². The summed E-state index contributed by atoms with van der Waals surface area (Å²) in [5.41, 5.74) is 3.64. The highest BCUT2D eigenvalue weighted by Crippen LogP contribution is 2.19. The number of ether oxygens (including phenoxy) is 2. The number of carbonyl (C=O) groups excluding carboxylic acids is 3. The zero-order chi connectivity index (χ0) is 25.4. The quantitative estimate of drug-likeness (QED) is 0.456. The van der Waals surface area contributed by atoms with Crippen molar-refractivity contribution < 1.29 is 23.9 Å². The number of rotatable bonds is 9. The van der Waals surface area contributed by atoms with Crippen LogP contribution in [0, 0.1) is 13.8 Å². The molecule has 0 radical (unpaired) electrons. The lowest BCUT2D eigenvalue weighted by atomic mass is 10.1. The highest BCUT2D eigenvalue weighted by atomic mass is 16.6. The molecule has 35 heavy (non-hydrogen) atoms. The number of aromatic nitrogens is 2. The van der Waals surface area contributed by atoms with E-state index in [2.05, 4.69) is 15.7 Å². The molecule has 0 fully saturated rings. The number of hydrogen-bond acceptors (Lipinski definition) is 6. The van der Waals surface area contributed by atoms with Crippen LogP contribution in [-0.4, -0.2) is 39.9 Å². The molecular formula is C26H30N4O5. The molecule has 184 valence electrons. The normalized spacial score (nSPS) is 12.3. The minimum atomic E-state index is -1.10. The van der Waals surface area contributed by atoms with Crippen molar-refractivity contribution in [3.05, 3.63) is 83.2 Å². The molecule has 0 aliphatic carbocycles. The Morgan fingerprint density at radius 2 is 1.57 bits per heavy atom. The molecule has 1 aromatic heterocycles. The lowest BCUT2D eigenvalue weighted by molar-refractivity contribution is -0.155. The van der Waals surface area contributed by atoms with Crippen molar-refractivity contribution in [2.75, 3.05) is 5.32 Å². The van der Waals surface area contributed by atoms with Gasteiger partial charge >= 0.3 is 12.1 Å². The molecule has 1 heterocycles. The molecule has 2 atom stereocenters. The molecule has 0 saturated carbocycles. The fourth-order valence-corrected chi connectivity index (χ4v) is 3.44. The van der Waals surface area contributed by atoms with Crippen molar-refractivity contribution in [3.63, 3.8) is 0 Å². The molecular weight excluding hydrogens is 448 g/mol. The van der Waals surface area contributed by atoms with Gasteiger partial charge in [-0.1, -0.05) is 60.7 Å². The molecule has 1 unspecified atom stereocenters. The van der Waals surface area contributed by atoms with E-state index in [0.29, 0.717) is 11.4 Å². The van der Waals surface area contributed by atoms with Gasteiger partial charge in [-0.15, -0.1) is 0 Å². The van der Waals surface area contributed by atoms with Gasteiger partial charge in [-0.05, 0) is 31.9 Å². The summed E-state index contributed by atoms with van der Waals surface area (Å²) in [5, 5.41) is 9.59. The highest BCUT2D eigenvalue weighted by Gasteiger charge is 2.28. The summed E-state index contributed by atoms with van der Waals surface area (Å²) in [4.78, 5) is 38.1. The molecule has 9 nitrogen and oxygen atoms in total. The van der Waals surface area contributed by atoms with Gasteiger partial charge < -0.3 is 20.1 Å². The van der Waals surface area contributed by atoms with Crippen LogP contribution in [0.2, 0.25) is 0 Å². The predicted molar refractivity (Wildman–Crippen MR) is 131 cm³/mol. The average Bonchev–Trinajstić information content (AvgIpc) is 3.09. The Morgan fingerprint density at radius 3 is 2.14 bits per heavy atom. The fourth-order valence-electron chi connectivity index (χ4n) is 3.44. The van der Waals surface area contributed by atoms with Crippen molar-refractivity contribution in [3.8, 4) is 0 Å². The molecule has 3 rings (SSSR count). The number of benzene rings is 2. The first-order chi connectivity index (χ1) is 16.7. The largest absolute Gasteiger partial charge is 0.451 e. The molecule has 2 N–H and O–H groups in total. The molecule has 3 aromatic rings. The van der Waals surface area contributed by atoms with Gasteiger partial charge in [0.2, 0.25) is 0 Å². The zero-order valence-electron chi connectivity index (χ0n) is 20.3. The summed E-state index contributed by atoms with van der Waals surface area (Å²) >= 11 is 0. The third-order valence-corrected chi connectivity index (χ3v) is 5.49. The average molecular weight is 479 g/mol. The lowest BCUT2D eigenvalue weighted by Crippen LogP contribution is -2.45. The summed E-state index contributed by atoms with van der Waals surface area (Å²) in [6, 6.07) is 17.3. The van der Waals surface area contributed by atoms with E-state index >= 15 is 0 Å². The first-order valence-corrected chi connectivity index (χ1v) is 11.3. The van der Waals surface area contributed by atoms with Gasteiger partial charge in [0, 0.05) is 13.5 Å². The van der Waals surface area contributed by atoms with E-state index in [1.165, 1.54) is 6.92 Å². The van der Waals surface area contributed by atoms with E-state index in [1.807, 2.05) is 67.6 Å². The second-order valence-corrected chi connectivity index (χ2v) is 8.19. The monoisotopic (exact) mass is 478 g/mol. The number of amides is 2. The number of aryl methyl sites for hydroxylation is 2. The maximum absolute atomic E-state index is 13.0. The van der Waals surface area contributed by atoms with Gasteiger partial charge in [-0.3, -0.25) is 9.48 Å². The van der Waals surface area contributed by atoms with E-state index in [4.69, 9.17) is 9.47 Å². The molecule has 0 bridgehead atoms.